The quantitative estimate of drug-likeness (QED) is 0.405. The van der Waals surface area contributed by atoms with Gasteiger partial charge in [0.05, 0.1) is 11.2 Å². The molecule has 0 atom stereocenters. The lowest BCUT2D eigenvalue weighted by Gasteiger charge is -2.34. The monoisotopic (exact) mass is 428 g/mol. The molecule has 0 spiro atoms. The van der Waals surface area contributed by atoms with Gasteiger partial charge in [0.25, 0.3) is 0 Å². The van der Waals surface area contributed by atoms with Gasteiger partial charge in [0, 0.05) is 17.7 Å². The van der Waals surface area contributed by atoms with E-state index in [0.717, 1.165) is 11.1 Å². The van der Waals surface area contributed by atoms with E-state index < -0.39 is 24.4 Å². The lowest BCUT2D eigenvalue weighted by molar-refractivity contribution is 0.0221. The van der Waals surface area contributed by atoms with E-state index in [1.165, 1.54) is 6.92 Å². The topological polar surface area (TPSA) is 82.1 Å². The summed E-state index contributed by atoms with van der Waals surface area (Å²) in [4.78, 5) is 12.0. The summed E-state index contributed by atoms with van der Waals surface area (Å²) in [5.74, 6) is 0.137. The number of aryl methyl sites for hydroxylation is 1. The molecular weight excluding hydrogens is 391 g/mol. The normalized spacial score (nSPS) is 13.5. The number of benzene rings is 1. The van der Waals surface area contributed by atoms with Crippen LogP contribution < -0.4 is 4.52 Å². The van der Waals surface area contributed by atoms with E-state index in [0.29, 0.717) is 12.0 Å². The fraction of sp³-hybridized carbons (Fsp3) is 0.682. The Labute approximate surface area is 175 Å². The molecule has 0 heterocycles. The molecule has 1 aromatic rings. The second-order valence-electron chi connectivity index (χ2n) is 10.0. The number of Topliss-reactive ketones (excluding diaryl/α,β-unsaturated/α-hetero) is 1. The average molecular weight is 429 g/mol. The minimum Gasteiger partial charge on any atom is -0.404 e. The molecule has 1 rings (SSSR count). The van der Waals surface area contributed by atoms with Crippen LogP contribution in [0.15, 0.2) is 12.1 Å². The van der Waals surface area contributed by atoms with Gasteiger partial charge in [-0.25, -0.2) is 4.57 Å². The fourth-order valence-corrected chi connectivity index (χ4v) is 4.99. The summed E-state index contributed by atoms with van der Waals surface area (Å²) in [5, 5.41) is 9.53. The second kappa shape index (κ2) is 8.89. The maximum absolute atomic E-state index is 13.6. The van der Waals surface area contributed by atoms with Gasteiger partial charge in [0.2, 0.25) is 0 Å². The number of hydrogen-bond acceptors (Lipinski definition) is 6. The summed E-state index contributed by atoms with van der Waals surface area (Å²) in [6.07, 6.45) is 0.466. The molecule has 0 aliphatic carbocycles. The van der Waals surface area contributed by atoms with E-state index >= 15 is 0 Å². The molecule has 0 bridgehead atoms. The van der Waals surface area contributed by atoms with Crippen LogP contribution in [0.4, 0.5) is 0 Å². The Bertz CT molecular complexity index is 764. The van der Waals surface area contributed by atoms with Gasteiger partial charge in [-0.3, -0.25) is 13.8 Å². The highest BCUT2D eigenvalue weighted by Gasteiger charge is 2.40. The standard InChI is InChI=1S/C22H37O6P/c1-15-13-17(16(2)24)14-18(19(15)22(9,10)11-12-23)26-29(25,27-20(3,4)5)28-21(6,7)8/h13-14,23H,11-12H2,1-10H3. The molecule has 0 saturated carbocycles. The van der Waals surface area contributed by atoms with Crippen LogP contribution >= 0.6 is 7.82 Å². The minimum atomic E-state index is -4.04. The Balaban J connectivity index is 3.66. The highest BCUT2D eigenvalue weighted by atomic mass is 31.2. The Morgan fingerprint density at radius 1 is 1.00 bits per heavy atom. The Kier molecular flexibility index (Phi) is 7.92. The molecule has 6 nitrogen and oxygen atoms in total. The van der Waals surface area contributed by atoms with Crippen LogP contribution in [0.25, 0.3) is 0 Å². The van der Waals surface area contributed by atoms with Crippen molar-refractivity contribution in [3.63, 3.8) is 0 Å². The maximum Gasteiger partial charge on any atom is 0.531 e. The highest BCUT2D eigenvalue weighted by Crippen LogP contribution is 2.56. The number of carbonyl (C=O) groups excluding carboxylic acids is 1. The zero-order chi connectivity index (χ0) is 22.8. The molecule has 0 amide bonds. The van der Waals surface area contributed by atoms with E-state index in [-0.39, 0.29) is 18.1 Å². The molecule has 7 heteroatoms. The van der Waals surface area contributed by atoms with E-state index in [1.54, 1.807) is 53.7 Å². The van der Waals surface area contributed by atoms with Crippen LogP contribution in [0, 0.1) is 6.92 Å². The molecule has 0 radical (unpaired) electrons. The summed E-state index contributed by atoms with van der Waals surface area (Å²) < 4.78 is 31.1. The van der Waals surface area contributed by atoms with Crippen molar-refractivity contribution in [3.05, 3.63) is 28.8 Å². The molecular formula is C22H37O6P. The third-order valence-corrected chi connectivity index (χ3v) is 6.06. The van der Waals surface area contributed by atoms with E-state index in [9.17, 15) is 14.5 Å². The van der Waals surface area contributed by atoms with Crippen molar-refractivity contribution >= 4 is 13.6 Å². The third-order valence-electron chi connectivity index (χ3n) is 4.10. The number of rotatable bonds is 8. The zero-order valence-corrected chi connectivity index (χ0v) is 20.4. The number of ketones is 1. The van der Waals surface area contributed by atoms with Gasteiger partial charge in [0.15, 0.2) is 5.78 Å². The van der Waals surface area contributed by atoms with Crippen LogP contribution in [0.5, 0.6) is 5.75 Å². The smallest absolute Gasteiger partial charge is 0.404 e. The van der Waals surface area contributed by atoms with Crippen molar-refractivity contribution in [2.45, 2.75) is 92.3 Å². The van der Waals surface area contributed by atoms with Gasteiger partial charge in [-0.1, -0.05) is 13.8 Å². The molecule has 0 aromatic heterocycles. The molecule has 1 N–H and O–H groups in total. The third kappa shape index (κ3) is 7.86. The van der Waals surface area contributed by atoms with E-state index in [4.69, 9.17) is 13.6 Å². The molecule has 0 aliphatic heterocycles. The van der Waals surface area contributed by atoms with Crippen LogP contribution in [0.3, 0.4) is 0 Å². The maximum atomic E-state index is 13.6. The Hall–Kier alpha value is -1.20. The molecule has 0 fully saturated rings. The van der Waals surface area contributed by atoms with Crippen molar-refractivity contribution in [1.29, 1.82) is 0 Å². The molecule has 0 saturated heterocycles. The fourth-order valence-electron chi connectivity index (χ4n) is 3.15. The summed E-state index contributed by atoms with van der Waals surface area (Å²) in [7, 11) is -4.04. The van der Waals surface area contributed by atoms with Crippen LogP contribution in [-0.4, -0.2) is 28.7 Å². The van der Waals surface area contributed by atoms with E-state index in [2.05, 4.69) is 0 Å². The number of phosphoric ester groups is 1. The molecule has 166 valence electrons. The second-order valence-corrected chi connectivity index (χ2v) is 11.5. The van der Waals surface area contributed by atoms with Gasteiger partial charge >= 0.3 is 7.82 Å². The number of phosphoric acid groups is 1. The molecule has 1 aromatic carbocycles. The first kappa shape index (κ1) is 25.8. The largest absolute Gasteiger partial charge is 0.531 e. The number of aliphatic hydroxyl groups is 1. The van der Waals surface area contributed by atoms with Crippen molar-refractivity contribution in [1.82, 2.24) is 0 Å². The van der Waals surface area contributed by atoms with Gasteiger partial charge in [-0.05, 0) is 84.9 Å². The van der Waals surface area contributed by atoms with Gasteiger partial charge in [0.1, 0.15) is 5.75 Å². The minimum absolute atomic E-state index is 0.0189. The summed E-state index contributed by atoms with van der Waals surface area (Å²) >= 11 is 0. The molecule has 29 heavy (non-hydrogen) atoms. The molecule has 0 unspecified atom stereocenters. The number of aliphatic hydroxyl groups excluding tert-OH is 1. The lowest BCUT2D eigenvalue weighted by atomic mass is 9.78. The van der Waals surface area contributed by atoms with Crippen LogP contribution in [0.1, 0.15) is 90.2 Å². The van der Waals surface area contributed by atoms with Gasteiger partial charge in [-0.2, -0.15) is 0 Å². The first-order valence-electron chi connectivity index (χ1n) is 9.87. The highest BCUT2D eigenvalue weighted by molar-refractivity contribution is 7.49. The number of hydrogen-bond donors (Lipinski definition) is 1. The SMILES string of the molecule is CC(=O)c1cc(C)c(C(C)(C)CCO)c(OP(=O)(OC(C)(C)C)OC(C)(C)C)c1. The summed E-state index contributed by atoms with van der Waals surface area (Å²) in [6.45, 7) is 17.8. The molecule has 0 aliphatic rings. The Morgan fingerprint density at radius 2 is 1.48 bits per heavy atom. The van der Waals surface area contributed by atoms with E-state index in [1.807, 2.05) is 20.8 Å². The predicted molar refractivity (Wildman–Crippen MR) is 116 cm³/mol. The van der Waals surface area contributed by atoms with Crippen molar-refractivity contribution in [2.24, 2.45) is 0 Å². The summed E-state index contributed by atoms with van der Waals surface area (Å²) in [6, 6.07) is 3.36. The average Bonchev–Trinajstić information content (AvgIpc) is 2.40. The lowest BCUT2D eigenvalue weighted by Crippen LogP contribution is -2.27. The van der Waals surface area contributed by atoms with Crippen LogP contribution in [-0.2, 0) is 19.0 Å². The van der Waals surface area contributed by atoms with Gasteiger partial charge in [-0.15, -0.1) is 0 Å². The number of carbonyl (C=O) groups is 1. The Morgan fingerprint density at radius 3 is 1.86 bits per heavy atom. The zero-order valence-electron chi connectivity index (χ0n) is 19.5. The summed E-state index contributed by atoms with van der Waals surface area (Å²) in [5.41, 5.74) is -0.0448. The van der Waals surface area contributed by atoms with Crippen molar-refractivity contribution in [3.8, 4) is 5.75 Å². The van der Waals surface area contributed by atoms with Gasteiger partial charge < -0.3 is 9.63 Å². The first-order valence-corrected chi connectivity index (χ1v) is 11.3. The predicted octanol–water partition coefficient (Wildman–Crippen LogP) is 5.97. The first-order chi connectivity index (χ1) is 12.9. The van der Waals surface area contributed by atoms with Crippen molar-refractivity contribution < 1.29 is 28.0 Å². The van der Waals surface area contributed by atoms with Crippen molar-refractivity contribution in [2.75, 3.05) is 6.61 Å². The van der Waals surface area contributed by atoms with Crippen LogP contribution in [0.2, 0.25) is 0 Å².